The number of ketones is 1. The van der Waals surface area contributed by atoms with Gasteiger partial charge in [-0.3, -0.25) is 4.79 Å². The van der Waals surface area contributed by atoms with Gasteiger partial charge < -0.3 is 9.16 Å². The molecule has 0 amide bonds. The molecule has 0 N–H and O–H groups in total. The fourth-order valence-electron chi connectivity index (χ4n) is 3.11. The Labute approximate surface area is 130 Å². The molecular formula is C17H32O3Si. The Hall–Kier alpha value is -0.193. The SMILES string of the molecule is CC(C)(C)[Si](C)(C)OCCCC(=O)C1CC2CCC(C1)O2. The number of ether oxygens (including phenoxy) is 1. The molecule has 2 aliphatic heterocycles. The van der Waals surface area contributed by atoms with Crippen molar-refractivity contribution in [2.45, 2.75) is 89.6 Å². The number of hydrogen-bond donors (Lipinski definition) is 0. The smallest absolute Gasteiger partial charge is 0.191 e. The van der Waals surface area contributed by atoms with E-state index in [9.17, 15) is 4.79 Å². The van der Waals surface area contributed by atoms with Crippen molar-refractivity contribution in [2.24, 2.45) is 5.92 Å². The molecule has 21 heavy (non-hydrogen) atoms. The van der Waals surface area contributed by atoms with Crippen molar-refractivity contribution in [3.8, 4) is 0 Å². The van der Waals surface area contributed by atoms with Gasteiger partial charge in [0.1, 0.15) is 5.78 Å². The Balaban J connectivity index is 1.68. The largest absolute Gasteiger partial charge is 0.417 e. The van der Waals surface area contributed by atoms with Crippen LogP contribution in [-0.4, -0.2) is 32.9 Å². The summed E-state index contributed by atoms with van der Waals surface area (Å²) >= 11 is 0. The first-order valence-electron chi connectivity index (χ1n) is 8.51. The summed E-state index contributed by atoms with van der Waals surface area (Å²) < 4.78 is 12.0. The molecular weight excluding hydrogens is 280 g/mol. The summed E-state index contributed by atoms with van der Waals surface area (Å²) in [6, 6.07) is 0. The van der Waals surface area contributed by atoms with Gasteiger partial charge in [-0.05, 0) is 50.2 Å². The van der Waals surface area contributed by atoms with Gasteiger partial charge in [-0.1, -0.05) is 20.8 Å². The summed E-state index contributed by atoms with van der Waals surface area (Å²) in [5.74, 6) is 0.693. The Kier molecular flexibility index (Phi) is 5.32. The van der Waals surface area contributed by atoms with E-state index in [1.165, 1.54) is 0 Å². The summed E-state index contributed by atoms with van der Waals surface area (Å²) in [6.45, 7) is 12.0. The molecule has 122 valence electrons. The molecule has 0 saturated carbocycles. The zero-order valence-electron chi connectivity index (χ0n) is 14.4. The fourth-order valence-corrected chi connectivity index (χ4v) is 4.20. The number of Topliss-reactive ketones (excluding diaryl/α,β-unsaturated/α-hetero) is 1. The summed E-state index contributed by atoms with van der Waals surface area (Å²) in [4.78, 5) is 12.3. The van der Waals surface area contributed by atoms with Crippen LogP contribution < -0.4 is 0 Å². The third kappa shape index (κ3) is 4.39. The average Bonchev–Trinajstić information content (AvgIpc) is 2.72. The molecule has 2 atom stereocenters. The van der Waals surface area contributed by atoms with Crippen molar-refractivity contribution in [3.63, 3.8) is 0 Å². The van der Waals surface area contributed by atoms with Crippen LogP contribution in [0.5, 0.6) is 0 Å². The summed E-state index contributed by atoms with van der Waals surface area (Å²) in [5, 5.41) is 0.247. The van der Waals surface area contributed by atoms with Crippen LogP contribution in [0.3, 0.4) is 0 Å². The standard InChI is InChI=1S/C17H32O3Si/c1-17(2,3)21(4,5)19-10-6-7-16(18)13-11-14-8-9-15(12-13)20-14/h13-15H,6-12H2,1-5H3. The van der Waals surface area contributed by atoms with Crippen molar-refractivity contribution in [1.82, 2.24) is 0 Å². The van der Waals surface area contributed by atoms with Crippen LogP contribution in [0, 0.1) is 5.92 Å². The van der Waals surface area contributed by atoms with E-state index in [0.717, 1.165) is 38.7 Å². The molecule has 2 fully saturated rings. The van der Waals surface area contributed by atoms with Crippen molar-refractivity contribution in [1.29, 1.82) is 0 Å². The lowest BCUT2D eigenvalue weighted by Gasteiger charge is -2.36. The van der Waals surface area contributed by atoms with Gasteiger partial charge in [-0.25, -0.2) is 0 Å². The van der Waals surface area contributed by atoms with E-state index >= 15 is 0 Å². The number of fused-ring (bicyclic) bond motifs is 2. The molecule has 4 heteroatoms. The van der Waals surface area contributed by atoms with Gasteiger partial charge in [0.2, 0.25) is 0 Å². The summed E-state index contributed by atoms with van der Waals surface area (Å²) in [5.41, 5.74) is 0. The number of carbonyl (C=O) groups excluding carboxylic acids is 1. The Bertz CT molecular complexity index is 361. The first-order valence-corrected chi connectivity index (χ1v) is 11.4. The average molecular weight is 313 g/mol. The van der Waals surface area contributed by atoms with Gasteiger partial charge in [0.25, 0.3) is 0 Å². The minimum Gasteiger partial charge on any atom is -0.417 e. The maximum absolute atomic E-state index is 12.3. The van der Waals surface area contributed by atoms with Crippen LogP contribution in [0.1, 0.15) is 59.3 Å². The van der Waals surface area contributed by atoms with Gasteiger partial charge >= 0.3 is 0 Å². The minimum atomic E-state index is -1.66. The Morgan fingerprint density at radius 1 is 1.19 bits per heavy atom. The molecule has 2 aliphatic rings. The number of hydrogen-bond acceptors (Lipinski definition) is 3. The highest BCUT2D eigenvalue weighted by molar-refractivity contribution is 6.74. The van der Waals surface area contributed by atoms with E-state index in [1.807, 2.05) is 0 Å². The Morgan fingerprint density at radius 2 is 1.76 bits per heavy atom. The van der Waals surface area contributed by atoms with Gasteiger partial charge in [0.05, 0.1) is 12.2 Å². The van der Waals surface area contributed by atoms with Crippen molar-refractivity contribution in [3.05, 3.63) is 0 Å². The molecule has 2 unspecified atom stereocenters. The lowest BCUT2D eigenvalue weighted by Crippen LogP contribution is -2.41. The predicted molar refractivity (Wildman–Crippen MR) is 88.0 cm³/mol. The highest BCUT2D eigenvalue weighted by Crippen LogP contribution is 2.38. The molecule has 0 aliphatic carbocycles. The van der Waals surface area contributed by atoms with Gasteiger partial charge in [0.15, 0.2) is 8.32 Å². The number of carbonyl (C=O) groups is 1. The summed E-state index contributed by atoms with van der Waals surface area (Å²) in [6.07, 6.45) is 6.50. The maximum Gasteiger partial charge on any atom is 0.191 e. The molecule has 3 nitrogen and oxygen atoms in total. The zero-order chi connectivity index (χ0) is 15.7. The van der Waals surface area contributed by atoms with Gasteiger partial charge in [-0.2, -0.15) is 0 Å². The van der Waals surface area contributed by atoms with Gasteiger partial charge in [-0.15, -0.1) is 0 Å². The molecule has 2 rings (SSSR count). The normalized spacial score (nSPS) is 29.7. The van der Waals surface area contributed by atoms with Crippen molar-refractivity contribution < 1.29 is 14.0 Å². The molecule has 0 aromatic rings. The van der Waals surface area contributed by atoms with E-state index in [1.54, 1.807) is 0 Å². The minimum absolute atomic E-state index is 0.247. The molecule has 2 heterocycles. The lowest BCUT2D eigenvalue weighted by molar-refractivity contribution is -0.128. The van der Waals surface area contributed by atoms with Crippen molar-refractivity contribution >= 4 is 14.1 Å². The first-order chi connectivity index (χ1) is 9.69. The molecule has 0 radical (unpaired) electrons. The predicted octanol–water partition coefficient (Wildman–Crippen LogP) is 4.32. The number of rotatable bonds is 6. The van der Waals surface area contributed by atoms with Crippen LogP contribution in [0.25, 0.3) is 0 Å². The molecule has 0 spiro atoms. The second-order valence-corrected chi connectivity index (χ2v) is 13.1. The lowest BCUT2D eigenvalue weighted by atomic mass is 9.89. The van der Waals surface area contributed by atoms with E-state index in [-0.39, 0.29) is 11.0 Å². The van der Waals surface area contributed by atoms with E-state index in [0.29, 0.717) is 24.4 Å². The second-order valence-electron chi connectivity index (χ2n) is 8.30. The second kappa shape index (κ2) is 6.51. The topological polar surface area (TPSA) is 35.5 Å². The first kappa shape index (κ1) is 17.2. The quantitative estimate of drug-likeness (QED) is 0.541. The van der Waals surface area contributed by atoms with E-state index in [4.69, 9.17) is 9.16 Å². The Morgan fingerprint density at radius 3 is 2.29 bits per heavy atom. The fraction of sp³-hybridized carbons (Fsp3) is 0.941. The van der Waals surface area contributed by atoms with Crippen molar-refractivity contribution in [2.75, 3.05) is 6.61 Å². The van der Waals surface area contributed by atoms with Gasteiger partial charge in [0, 0.05) is 18.9 Å². The van der Waals surface area contributed by atoms with E-state index < -0.39 is 8.32 Å². The molecule has 0 aromatic carbocycles. The van der Waals surface area contributed by atoms with Crippen LogP contribution in [0.15, 0.2) is 0 Å². The molecule has 0 aromatic heterocycles. The van der Waals surface area contributed by atoms with Crippen LogP contribution in [0.2, 0.25) is 18.1 Å². The van der Waals surface area contributed by atoms with Crippen LogP contribution in [0.4, 0.5) is 0 Å². The molecule has 2 saturated heterocycles. The van der Waals surface area contributed by atoms with Crippen LogP contribution >= 0.6 is 0 Å². The highest BCUT2D eigenvalue weighted by Gasteiger charge is 2.38. The summed E-state index contributed by atoms with van der Waals surface area (Å²) in [7, 11) is -1.66. The monoisotopic (exact) mass is 312 g/mol. The third-order valence-electron chi connectivity index (χ3n) is 5.58. The molecule has 2 bridgehead atoms. The van der Waals surface area contributed by atoms with E-state index in [2.05, 4.69) is 33.9 Å². The highest BCUT2D eigenvalue weighted by atomic mass is 28.4. The maximum atomic E-state index is 12.3. The third-order valence-corrected chi connectivity index (χ3v) is 10.1. The zero-order valence-corrected chi connectivity index (χ0v) is 15.4. The van der Waals surface area contributed by atoms with Crippen LogP contribution in [-0.2, 0) is 14.0 Å².